The van der Waals surface area contributed by atoms with E-state index in [4.69, 9.17) is 11.5 Å². The summed E-state index contributed by atoms with van der Waals surface area (Å²) in [7, 11) is 0. The molecule has 0 spiro atoms. The molecule has 138 valence electrons. The molecule has 1 aliphatic rings. The number of hydrogen-bond donors (Lipinski definition) is 2. The van der Waals surface area contributed by atoms with Crippen molar-refractivity contribution in [2.45, 2.75) is 20.4 Å². The van der Waals surface area contributed by atoms with Crippen LogP contribution in [0.25, 0.3) is 11.1 Å². The van der Waals surface area contributed by atoms with Crippen molar-refractivity contribution >= 4 is 12.0 Å². The normalized spacial score (nSPS) is 12.8. The Morgan fingerprint density at radius 3 is 2.35 bits per heavy atom. The lowest BCUT2D eigenvalue weighted by Gasteiger charge is -2.29. The third-order valence-electron chi connectivity index (χ3n) is 3.97. The van der Waals surface area contributed by atoms with Gasteiger partial charge in [0.1, 0.15) is 5.82 Å². The second-order valence-corrected chi connectivity index (χ2v) is 5.52. The highest BCUT2D eigenvalue weighted by Crippen LogP contribution is 2.34. The average molecular weight is 365 g/mol. The summed E-state index contributed by atoms with van der Waals surface area (Å²) in [6, 6.07) is 1.74. The number of benzene rings is 1. The number of guanidine groups is 1. The van der Waals surface area contributed by atoms with Crippen LogP contribution in [0, 0.1) is 17.5 Å². The van der Waals surface area contributed by atoms with E-state index in [0.29, 0.717) is 11.1 Å². The van der Waals surface area contributed by atoms with Gasteiger partial charge in [-0.25, -0.2) is 18.0 Å². The first-order valence-corrected chi connectivity index (χ1v) is 7.36. The third kappa shape index (κ3) is 3.46. The maximum absolute atomic E-state index is 14.1. The average Bonchev–Trinajstić information content (AvgIpc) is 2.55. The van der Waals surface area contributed by atoms with Crippen molar-refractivity contribution in [3.8, 4) is 11.1 Å². The molecule has 0 saturated carbocycles. The zero-order valence-corrected chi connectivity index (χ0v) is 13.0. The summed E-state index contributed by atoms with van der Waals surface area (Å²) in [4.78, 5) is 20.2. The molecule has 3 rings (SSSR count). The van der Waals surface area contributed by atoms with E-state index in [9.17, 15) is 18.0 Å². The topological polar surface area (TPSA) is 97.6 Å². The van der Waals surface area contributed by atoms with E-state index in [1.54, 1.807) is 0 Å². The van der Waals surface area contributed by atoms with E-state index < -0.39 is 29.4 Å². The lowest BCUT2D eigenvalue weighted by atomic mass is 9.90. The summed E-state index contributed by atoms with van der Waals surface area (Å²) in [5.41, 5.74) is 10.9. The van der Waals surface area contributed by atoms with Crippen molar-refractivity contribution in [3.05, 3.63) is 53.1 Å². The second-order valence-electron chi connectivity index (χ2n) is 5.52. The van der Waals surface area contributed by atoms with E-state index in [1.807, 2.05) is 0 Å². The number of fused-ring (bicyclic) bond motifs is 1. The van der Waals surface area contributed by atoms with Gasteiger partial charge >= 0.3 is 6.03 Å². The van der Waals surface area contributed by atoms with Gasteiger partial charge in [0.25, 0.3) is 0 Å². The minimum atomic E-state index is -0.874. The number of nitrogens with two attached hydrogens (primary N) is 2. The van der Waals surface area contributed by atoms with Gasteiger partial charge in [0.05, 0.1) is 18.0 Å². The number of pyridine rings is 1. The van der Waals surface area contributed by atoms with Gasteiger partial charge in [-0.05, 0) is 29.2 Å². The number of aromatic nitrogens is 1. The van der Waals surface area contributed by atoms with Crippen LogP contribution in [0.1, 0.15) is 18.6 Å². The van der Waals surface area contributed by atoms with Gasteiger partial charge in [-0.1, -0.05) is 13.5 Å². The molecule has 1 aromatic carbocycles. The summed E-state index contributed by atoms with van der Waals surface area (Å²) in [6.45, 7) is 0.115. The summed E-state index contributed by atoms with van der Waals surface area (Å²) < 4.78 is 42.3. The Labute approximate surface area is 148 Å². The molecule has 0 atom stereocenters. The molecule has 2 aromatic rings. The fourth-order valence-corrected chi connectivity index (χ4v) is 2.88. The van der Waals surface area contributed by atoms with Crippen LogP contribution in [0.4, 0.5) is 18.0 Å². The largest absolute Gasteiger partial charge is 0.370 e. The Morgan fingerprint density at radius 2 is 1.73 bits per heavy atom. The molecule has 2 heterocycles. The molecule has 1 aliphatic heterocycles. The molecule has 0 saturated heterocycles. The molecule has 9 heteroatoms. The number of hydrogen-bond acceptors (Lipinski definition) is 2. The molecule has 4 N–H and O–H groups in total. The van der Waals surface area contributed by atoms with E-state index in [2.05, 4.69) is 9.98 Å². The first kappa shape index (κ1) is 19.2. The summed E-state index contributed by atoms with van der Waals surface area (Å²) in [5, 5.41) is 0. The zero-order chi connectivity index (χ0) is 18.1. The van der Waals surface area contributed by atoms with Crippen LogP contribution in [0.3, 0.4) is 0 Å². The fourth-order valence-electron chi connectivity index (χ4n) is 2.88. The number of halogens is 3. The molecule has 0 unspecified atom stereocenters. The number of carbonyl (C=O) groups excluding carboxylic acids is 1. The summed E-state index contributed by atoms with van der Waals surface area (Å²) >= 11 is 0. The minimum Gasteiger partial charge on any atom is -0.370 e. The van der Waals surface area contributed by atoms with Crippen LogP contribution in [0.2, 0.25) is 0 Å². The smallest absolute Gasteiger partial charge is 0.347 e. The molecule has 6 nitrogen and oxygen atoms in total. The van der Waals surface area contributed by atoms with Gasteiger partial charge in [-0.3, -0.25) is 4.98 Å². The maximum Gasteiger partial charge on any atom is 0.347 e. The summed E-state index contributed by atoms with van der Waals surface area (Å²) in [5.74, 6) is -2.65. The third-order valence-corrected chi connectivity index (χ3v) is 3.97. The SMILES string of the molecule is C.NC(N)=NC(=O)N1CCc2c(F)ccc(-c3c(F)cncc3F)c2C1. The number of rotatable bonds is 1. The Balaban J connectivity index is 0.00000243. The Kier molecular flexibility index (Phi) is 5.49. The lowest BCUT2D eigenvalue weighted by molar-refractivity contribution is 0.202. The minimum absolute atomic E-state index is 0. The number of amides is 2. The van der Waals surface area contributed by atoms with Gasteiger partial charge in [-0.15, -0.1) is 0 Å². The highest BCUT2D eigenvalue weighted by molar-refractivity contribution is 5.90. The quantitative estimate of drug-likeness (QED) is 0.599. The van der Waals surface area contributed by atoms with Crippen LogP contribution < -0.4 is 11.5 Å². The van der Waals surface area contributed by atoms with Gasteiger partial charge in [0.15, 0.2) is 17.6 Å². The predicted octanol–water partition coefficient (Wildman–Crippen LogP) is 2.55. The first-order chi connectivity index (χ1) is 11.9. The van der Waals surface area contributed by atoms with Crippen LogP contribution in [-0.2, 0) is 13.0 Å². The van der Waals surface area contributed by atoms with Crippen molar-refractivity contribution in [2.75, 3.05) is 6.54 Å². The van der Waals surface area contributed by atoms with Crippen molar-refractivity contribution in [1.29, 1.82) is 0 Å². The van der Waals surface area contributed by atoms with Crippen LogP contribution in [-0.4, -0.2) is 28.4 Å². The molecule has 0 fully saturated rings. The zero-order valence-electron chi connectivity index (χ0n) is 13.0. The number of urea groups is 1. The Bertz CT molecular complexity index is 861. The van der Waals surface area contributed by atoms with Crippen LogP contribution in [0.15, 0.2) is 29.5 Å². The van der Waals surface area contributed by atoms with Crippen molar-refractivity contribution < 1.29 is 18.0 Å². The number of carbonyl (C=O) groups is 1. The van der Waals surface area contributed by atoms with Gasteiger partial charge in [0, 0.05) is 13.1 Å². The van der Waals surface area contributed by atoms with E-state index in [1.165, 1.54) is 11.0 Å². The van der Waals surface area contributed by atoms with Gasteiger partial charge < -0.3 is 16.4 Å². The highest BCUT2D eigenvalue weighted by atomic mass is 19.1. The van der Waals surface area contributed by atoms with E-state index >= 15 is 0 Å². The van der Waals surface area contributed by atoms with E-state index in [-0.39, 0.29) is 38.1 Å². The molecule has 0 aliphatic carbocycles. The molecular formula is C17H18F3N5O. The maximum atomic E-state index is 14.1. The van der Waals surface area contributed by atoms with Crippen LogP contribution in [0.5, 0.6) is 0 Å². The highest BCUT2D eigenvalue weighted by Gasteiger charge is 2.27. The Morgan fingerprint density at radius 1 is 1.08 bits per heavy atom. The lowest BCUT2D eigenvalue weighted by Crippen LogP contribution is -2.37. The van der Waals surface area contributed by atoms with Gasteiger partial charge in [0.2, 0.25) is 0 Å². The molecule has 0 radical (unpaired) electrons. The monoisotopic (exact) mass is 365 g/mol. The number of aliphatic imine (C=N–C) groups is 1. The standard InChI is InChI=1S/C16H14F3N5O.CH4/c17-11-2-1-9(14-12(18)5-22-6-13(14)19)10-7-24(4-3-8(10)11)16(25)23-15(20)21;/h1-2,5-6H,3-4,7H2,(H4,20,21,23,25);1H4. The second kappa shape index (κ2) is 7.42. The molecular weight excluding hydrogens is 347 g/mol. The number of nitrogens with zero attached hydrogens (tertiary/aromatic N) is 3. The summed E-state index contributed by atoms with van der Waals surface area (Å²) in [6.07, 6.45) is 1.92. The van der Waals surface area contributed by atoms with Crippen molar-refractivity contribution in [3.63, 3.8) is 0 Å². The molecule has 26 heavy (non-hydrogen) atoms. The Hall–Kier alpha value is -3.10. The fraction of sp³-hybridized carbons (Fsp3) is 0.235. The van der Waals surface area contributed by atoms with Crippen molar-refractivity contribution in [1.82, 2.24) is 9.88 Å². The molecule has 2 amide bonds. The molecule has 1 aromatic heterocycles. The predicted molar refractivity (Wildman–Crippen MR) is 91.6 cm³/mol. The van der Waals surface area contributed by atoms with Crippen LogP contribution >= 0.6 is 0 Å². The van der Waals surface area contributed by atoms with Gasteiger partial charge in [-0.2, -0.15) is 4.99 Å². The van der Waals surface area contributed by atoms with E-state index in [0.717, 1.165) is 18.5 Å². The van der Waals surface area contributed by atoms with Crippen molar-refractivity contribution in [2.24, 2.45) is 16.5 Å². The molecule has 0 bridgehead atoms. The first-order valence-electron chi connectivity index (χ1n) is 7.36.